The molecule has 1 aromatic heterocycles. The second-order valence-electron chi connectivity index (χ2n) is 6.53. The van der Waals surface area contributed by atoms with E-state index in [9.17, 15) is 13.2 Å². The Kier molecular flexibility index (Phi) is 8.38. The Morgan fingerprint density at radius 2 is 1.57 bits per heavy atom. The number of hydrogen-bond donors (Lipinski definition) is 0. The molecule has 0 radical (unpaired) electrons. The Balaban J connectivity index is 2.89. The maximum atomic E-state index is 12.9. The molecule has 2 nitrogen and oxygen atoms in total. The van der Waals surface area contributed by atoms with Gasteiger partial charge in [0.25, 0.3) is 0 Å². The molecule has 1 rings (SSSR count). The van der Waals surface area contributed by atoms with Crippen LogP contribution in [0, 0.1) is 3.70 Å². The van der Waals surface area contributed by atoms with Crippen LogP contribution >= 0.6 is 22.6 Å². The van der Waals surface area contributed by atoms with E-state index in [4.69, 9.17) is 0 Å². The summed E-state index contributed by atoms with van der Waals surface area (Å²) in [7, 11) is 0. The summed E-state index contributed by atoms with van der Waals surface area (Å²) in [5, 5.41) is 3.91. The molecule has 1 aromatic rings. The molecule has 23 heavy (non-hydrogen) atoms. The van der Waals surface area contributed by atoms with Crippen molar-refractivity contribution in [2.45, 2.75) is 90.3 Å². The molecule has 0 aliphatic carbocycles. The standard InChI is InChI=1S/C17H28F3IN2/c1-4-6-8-9-10-12-16(3,11-7-5-2)23-15(21)13-14(22-23)17(18,19)20/h13H,4-12H2,1-3H3. The average molecular weight is 444 g/mol. The zero-order chi connectivity index (χ0) is 17.5. The summed E-state index contributed by atoms with van der Waals surface area (Å²) in [5.74, 6) is 0. The molecule has 0 saturated carbocycles. The van der Waals surface area contributed by atoms with Gasteiger partial charge in [-0.2, -0.15) is 18.3 Å². The monoisotopic (exact) mass is 444 g/mol. The largest absolute Gasteiger partial charge is 0.435 e. The predicted octanol–water partition coefficient (Wildman–Crippen LogP) is 6.77. The van der Waals surface area contributed by atoms with Crippen molar-refractivity contribution in [1.29, 1.82) is 0 Å². The highest BCUT2D eigenvalue weighted by Crippen LogP contribution is 2.35. The van der Waals surface area contributed by atoms with Gasteiger partial charge in [-0.25, -0.2) is 0 Å². The van der Waals surface area contributed by atoms with Gasteiger partial charge < -0.3 is 0 Å². The summed E-state index contributed by atoms with van der Waals surface area (Å²) in [6.45, 7) is 6.34. The van der Waals surface area contributed by atoms with E-state index in [1.807, 2.05) is 22.6 Å². The van der Waals surface area contributed by atoms with Crippen LogP contribution in [0.2, 0.25) is 0 Å². The highest BCUT2D eigenvalue weighted by atomic mass is 127. The Labute approximate surface area is 151 Å². The highest BCUT2D eigenvalue weighted by molar-refractivity contribution is 14.1. The first-order valence-electron chi connectivity index (χ1n) is 8.58. The second-order valence-corrected chi connectivity index (χ2v) is 7.63. The molecule has 0 bridgehead atoms. The van der Waals surface area contributed by atoms with Crippen molar-refractivity contribution in [1.82, 2.24) is 9.78 Å². The summed E-state index contributed by atoms with van der Waals surface area (Å²) in [4.78, 5) is 0. The fourth-order valence-electron chi connectivity index (χ4n) is 2.88. The molecule has 1 atom stereocenters. The lowest BCUT2D eigenvalue weighted by atomic mass is 9.89. The van der Waals surface area contributed by atoms with E-state index in [-0.39, 0.29) is 5.54 Å². The summed E-state index contributed by atoms with van der Waals surface area (Å²) >= 11 is 1.97. The SMILES string of the molecule is CCCCCCCC(C)(CCCC)n1nc(C(F)(F)F)cc1I. The van der Waals surface area contributed by atoms with Gasteiger partial charge in [0, 0.05) is 6.07 Å². The van der Waals surface area contributed by atoms with Gasteiger partial charge in [0.2, 0.25) is 0 Å². The number of rotatable bonds is 10. The van der Waals surface area contributed by atoms with E-state index in [2.05, 4.69) is 25.9 Å². The number of hydrogen-bond acceptors (Lipinski definition) is 1. The summed E-state index contributed by atoms with van der Waals surface area (Å²) < 4.78 is 41.0. The first kappa shape index (κ1) is 20.8. The van der Waals surface area contributed by atoms with Crippen LogP contribution in [-0.2, 0) is 11.7 Å². The lowest BCUT2D eigenvalue weighted by Gasteiger charge is -2.31. The number of unbranched alkanes of at least 4 members (excludes halogenated alkanes) is 5. The quantitative estimate of drug-likeness (QED) is 0.288. The van der Waals surface area contributed by atoms with Crippen molar-refractivity contribution in [3.05, 3.63) is 15.5 Å². The predicted molar refractivity (Wildman–Crippen MR) is 96.5 cm³/mol. The minimum atomic E-state index is -4.38. The molecular weight excluding hydrogens is 416 g/mol. The average Bonchev–Trinajstić information content (AvgIpc) is 2.88. The molecule has 0 fully saturated rings. The molecule has 0 saturated heterocycles. The Bertz CT molecular complexity index is 471. The minimum absolute atomic E-state index is 0.331. The lowest BCUT2D eigenvalue weighted by molar-refractivity contribution is -0.141. The van der Waals surface area contributed by atoms with E-state index < -0.39 is 11.9 Å². The molecule has 134 valence electrons. The van der Waals surface area contributed by atoms with E-state index >= 15 is 0 Å². The van der Waals surface area contributed by atoms with Crippen molar-refractivity contribution in [2.75, 3.05) is 0 Å². The van der Waals surface area contributed by atoms with Crippen LogP contribution in [0.1, 0.15) is 84.3 Å². The summed E-state index contributed by atoms with van der Waals surface area (Å²) in [6.07, 6.45) is 5.21. The Hall–Kier alpha value is -0.270. The topological polar surface area (TPSA) is 17.8 Å². The number of nitrogens with zero attached hydrogens (tertiary/aromatic N) is 2. The highest BCUT2D eigenvalue weighted by Gasteiger charge is 2.37. The van der Waals surface area contributed by atoms with Crippen molar-refractivity contribution < 1.29 is 13.2 Å². The third-order valence-electron chi connectivity index (χ3n) is 4.36. The number of alkyl halides is 3. The van der Waals surface area contributed by atoms with Crippen LogP contribution in [0.4, 0.5) is 13.2 Å². The van der Waals surface area contributed by atoms with Crippen LogP contribution in [0.25, 0.3) is 0 Å². The van der Waals surface area contributed by atoms with Gasteiger partial charge in [0.05, 0.1) is 5.54 Å². The summed E-state index contributed by atoms with van der Waals surface area (Å²) in [6, 6.07) is 1.15. The fraction of sp³-hybridized carbons (Fsp3) is 0.824. The van der Waals surface area contributed by atoms with Crippen molar-refractivity contribution in [2.24, 2.45) is 0 Å². The van der Waals surface area contributed by atoms with Crippen LogP contribution in [0.5, 0.6) is 0 Å². The van der Waals surface area contributed by atoms with E-state index in [1.54, 1.807) is 4.68 Å². The third-order valence-corrected chi connectivity index (χ3v) is 5.12. The van der Waals surface area contributed by atoms with Gasteiger partial charge in [0.1, 0.15) is 3.70 Å². The minimum Gasteiger partial charge on any atom is -0.253 e. The Morgan fingerprint density at radius 3 is 2.09 bits per heavy atom. The normalized spacial score (nSPS) is 14.9. The zero-order valence-electron chi connectivity index (χ0n) is 14.3. The molecule has 0 spiro atoms. The van der Waals surface area contributed by atoms with Gasteiger partial charge in [-0.05, 0) is 42.4 Å². The number of halogens is 4. The molecule has 0 aromatic carbocycles. The van der Waals surface area contributed by atoms with Crippen LogP contribution in [-0.4, -0.2) is 9.78 Å². The van der Waals surface area contributed by atoms with E-state index in [0.717, 1.165) is 44.6 Å². The number of aromatic nitrogens is 2. The van der Waals surface area contributed by atoms with Crippen molar-refractivity contribution >= 4 is 22.6 Å². The van der Waals surface area contributed by atoms with Gasteiger partial charge >= 0.3 is 6.18 Å². The first-order valence-corrected chi connectivity index (χ1v) is 9.65. The van der Waals surface area contributed by atoms with Gasteiger partial charge in [-0.3, -0.25) is 4.68 Å². The van der Waals surface area contributed by atoms with Crippen LogP contribution in [0.3, 0.4) is 0 Å². The smallest absolute Gasteiger partial charge is 0.253 e. The molecule has 1 unspecified atom stereocenters. The summed E-state index contributed by atoms with van der Waals surface area (Å²) in [5.41, 5.74) is -1.11. The fourth-order valence-corrected chi connectivity index (χ4v) is 3.86. The lowest BCUT2D eigenvalue weighted by Crippen LogP contribution is -2.32. The van der Waals surface area contributed by atoms with Crippen LogP contribution < -0.4 is 0 Å². The van der Waals surface area contributed by atoms with Crippen molar-refractivity contribution in [3.8, 4) is 0 Å². The molecule has 6 heteroatoms. The second kappa shape index (κ2) is 9.28. The zero-order valence-corrected chi connectivity index (χ0v) is 16.5. The molecule has 0 amide bonds. The maximum absolute atomic E-state index is 12.9. The maximum Gasteiger partial charge on any atom is 0.435 e. The van der Waals surface area contributed by atoms with Gasteiger partial charge in [-0.15, -0.1) is 0 Å². The van der Waals surface area contributed by atoms with Crippen molar-refractivity contribution in [3.63, 3.8) is 0 Å². The van der Waals surface area contributed by atoms with Crippen LogP contribution in [0.15, 0.2) is 6.07 Å². The molecule has 0 aliphatic rings. The van der Waals surface area contributed by atoms with E-state index in [1.165, 1.54) is 19.3 Å². The molecule has 0 N–H and O–H groups in total. The molecule has 0 aliphatic heterocycles. The van der Waals surface area contributed by atoms with Gasteiger partial charge in [-0.1, -0.05) is 58.8 Å². The molecular formula is C17H28F3IN2. The van der Waals surface area contributed by atoms with E-state index in [0.29, 0.717) is 3.70 Å². The first-order chi connectivity index (χ1) is 10.7. The molecule has 1 heterocycles. The Morgan fingerprint density at radius 1 is 1.00 bits per heavy atom. The third kappa shape index (κ3) is 6.27. The van der Waals surface area contributed by atoms with Gasteiger partial charge in [0.15, 0.2) is 5.69 Å².